The number of Topliss-reactive ketones (excluding diaryl/α,β-unsaturated/α-hetero) is 1. The van der Waals surface area contributed by atoms with Crippen LogP contribution in [-0.4, -0.2) is 26.6 Å². The van der Waals surface area contributed by atoms with Crippen LogP contribution in [0.2, 0.25) is 0 Å². The Kier molecular flexibility index (Phi) is 5.25. The first-order valence-electron chi connectivity index (χ1n) is 11.9. The van der Waals surface area contributed by atoms with E-state index in [-0.39, 0.29) is 28.6 Å². The Morgan fingerprint density at radius 2 is 1.72 bits per heavy atom. The second kappa shape index (κ2) is 7.63. The number of fused-ring (bicyclic) bond motifs is 5. The minimum Gasteiger partial charge on any atom is -0.299 e. The lowest BCUT2D eigenvalue weighted by atomic mass is 9.47. The van der Waals surface area contributed by atoms with Crippen molar-refractivity contribution < 1.29 is 22.2 Å². The van der Waals surface area contributed by atoms with Crippen molar-refractivity contribution in [2.45, 2.75) is 70.1 Å². The summed E-state index contributed by atoms with van der Waals surface area (Å²) in [5, 5.41) is 0. The molecule has 1 aromatic carbocycles. The van der Waals surface area contributed by atoms with Crippen LogP contribution >= 0.6 is 0 Å². The zero-order chi connectivity index (χ0) is 22.7. The highest BCUT2D eigenvalue weighted by atomic mass is 32.2. The summed E-state index contributed by atoms with van der Waals surface area (Å²) in [6, 6.07) is 6.72. The molecule has 0 aromatic heterocycles. The van der Waals surface area contributed by atoms with Gasteiger partial charge in [0.05, 0.1) is 11.5 Å². The molecule has 172 valence electrons. The predicted octanol–water partition coefficient (Wildman–Crippen LogP) is 4.78. The average molecular weight is 457 g/mol. The molecule has 0 amide bonds. The molecule has 6 heteroatoms. The van der Waals surface area contributed by atoms with Gasteiger partial charge in [0.25, 0.3) is 10.1 Å². The standard InChI is InChI=1S/C26H32O5S/c1-17-3-6-20(7-4-17)32(29,30)31-16-26-14-11-19(27)15-18(26)5-8-21-22-9-10-24(28)25(22,2)13-12-23(21)26/h3-4,6-7,15,21-23H,5,8-14,16H2,1-2H3/t21-,22-,23-,25+,26-/m1/s1. The van der Waals surface area contributed by atoms with Crippen molar-refractivity contribution >= 4 is 21.7 Å². The van der Waals surface area contributed by atoms with Crippen molar-refractivity contribution in [3.63, 3.8) is 0 Å². The minimum atomic E-state index is -3.89. The molecule has 0 N–H and O–H groups in total. The van der Waals surface area contributed by atoms with E-state index in [1.165, 1.54) is 0 Å². The normalized spacial score (nSPS) is 36.8. The summed E-state index contributed by atoms with van der Waals surface area (Å²) < 4.78 is 31.8. The van der Waals surface area contributed by atoms with Gasteiger partial charge in [-0.25, -0.2) is 0 Å². The van der Waals surface area contributed by atoms with E-state index in [0.29, 0.717) is 36.9 Å². The third-order valence-corrected chi connectivity index (χ3v) is 10.5. The predicted molar refractivity (Wildman–Crippen MR) is 120 cm³/mol. The van der Waals surface area contributed by atoms with Gasteiger partial charge in [-0.2, -0.15) is 8.42 Å². The number of carbonyl (C=O) groups excluding carboxylic acids is 2. The molecule has 0 unspecified atom stereocenters. The highest BCUT2D eigenvalue weighted by Crippen LogP contribution is 2.64. The van der Waals surface area contributed by atoms with Crippen LogP contribution in [0.25, 0.3) is 0 Å². The number of carbonyl (C=O) groups is 2. The molecular formula is C26H32O5S. The van der Waals surface area contributed by atoms with E-state index in [9.17, 15) is 18.0 Å². The molecule has 5 nitrogen and oxygen atoms in total. The van der Waals surface area contributed by atoms with Crippen molar-refractivity contribution in [3.05, 3.63) is 41.5 Å². The van der Waals surface area contributed by atoms with Gasteiger partial charge in [-0.15, -0.1) is 0 Å². The largest absolute Gasteiger partial charge is 0.299 e. The number of hydrogen-bond acceptors (Lipinski definition) is 5. The molecule has 3 saturated carbocycles. The number of hydrogen-bond donors (Lipinski definition) is 0. The van der Waals surface area contributed by atoms with Crippen molar-refractivity contribution in [3.8, 4) is 0 Å². The van der Waals surface area contributed by atoms with Crippen molar-refractivity contribution in [2.24, 2.45) is 28.6 Å². The number of aryl methyl sites for hydroxylation is 1. The fourth-order valence-corrected chi connectivity index (χ4v) is 8.33. The Hall–Kier alpha value is -1.79. The molecule has 5 atom stereocenters. The lowest BCUT2D eigenvalue weighted by Crippen LogP contribution is -2.53. The quantitative estimate of drug-likeness (QED) is 0.609. The molecule has 0 aliphatic heterocycles. The molecule has 0 bridgehead atoms. The van der Waals surface area contributed by atoms with Crippen LogP contribution in [0.3, 0.4) is 0 Å². The fourth-order valence-electron chi connectivity index (χ4n) is 7.36. The zero-order valence-electron chi connectivity index (χ0n) is 18.9. The Balaban J connectivity index is 1.47. The molecule has 1 aromatic rings. The van der Waals surface area contributed by atoms with Crippen LogP contribution in [0.5, 0.6) is 0 Å². The monoisotopic (exact) mass is 456 g/mol. The maximum Gasteiger partial charge on any atom is 0.297 e. The van der Waals surface area contributed by atoms with Crippen LogP contribution in [0.4, 0.5) is 0 Å². The summed E-state index contributed by atoms with van der Waals surface area (Å²) in [5.41, 5.74) is 1.40. The van der Waals surface area contributed by atoms with E-state index < -0.39 is 15.5 Å². The second-order valence-electron chi connectivity index (χ2n) is 10.7. The maximum atomic E-state index is 13.0. The van der Waals surface area contributed by atoms with Crippen molar-refractivity contribution in [2.75, 3.05) is 6.61 Å². The van der Waals surface area contributed by atoms with Gasteiger partial charge in [0.2, 0.25) is 0 Å². The van der Waals surface area contributed by atoms with Crippen LogP contribution < -0.4 is 0 Å². The number of rotatable bonds is 4. The van der Waals surface area contributed by atoms with E-state index >= 15 is 0 Å². The van der Waals surface area contributed by atoms with Gasteiger partial charge in [-0.05, 0) is 81.4 Å². The van der Waals surface area contributed by atoms with E-state index in [1.807, 2.05) is 6.92 Å². The molecule has 0 heterocycles. The molecule has 0 saturated heterocycles. The van der Waals surface area contributed by atoms with Crippen LogP contribution in [-0.2, 0) is 23.9 Å². The van der Waals surface area contributed by atoms with Gasteiger partial charge >= 0.3 is 0 Å². The molecule has 0 spiro atoms. The molecule has 5 rings (SSSR count). The Morgan fingerprint density at radius 3 is 2.47 bits per heavy atom. The van der Waals surface area contributed by atoms with E-state index in [2.05, 4.69) is 6.92 Å². The lowest BCUT2D eigenvalue weighted by Gasteiger charge is -2.57. The first kappa shape index (κ1) is 22.0. The van der Waals surface area contributed by atoms with Gasteiger partial charge in [-0.3, -0.25) is 13.8 Å². The van der Waals surface area contributed by atoms with Gasteiger partial charge in [0.15, 0.2) is 5.78 Å². The third kappa shape index (κ3) is 3.33. The summed E-state index contributed by atoms with van der Waals surface area (Å²) in [5.74, 6) is 1.53. The molecule has 4 aliphatic carbocycles. The topological polar surface area (TPSA) is 77.5 Å². The van der Waals surface area contributed by atoms with Crippen molar-refractivity contribution in [1.29, 1.82) is 0 Å². The molecule has 3 fully saturated rings. The van der Waals surface area contributed by atoms with E-state index in [4.69, 9.17) is 4.18 Å². The minimum absolute atomic E-state index is 0.0842. The Labute approximate surface area is 190 Å². The van der Waals surface area contributed by atoms with Gasteiger partial charge < -0.3 is 0 Å². The summed E-state index contributed by atoms with van der Waals surface area (Å²) in [6.07, 6.45) is 7.96. The first-order valence-corrected chi connectivity index (χ1v) is 13.3. The van der Waals surface area contributed by atoms with Gasteiger partial charge in [0, 0.05) is 23.7 Å². The number of benzene rings is 1. The Bertz CT molecular complexity index is 1090. The number of ketones is 2. The van der Waals surface area contributed by atoms with Crippen molar-refractivity contribution in [1.82, 2.24) is 0 Å². The second-order valence-corrected chi connectivity index (χ2v) is 12.3. The summed E-state index contributed by atoms with van der Waals surface area (Å²) in [6.45, 7) is 4.14. The summed E-state index contributed by atoms with van der Waals surface area (Å²) in [7, 11) is -3.89. The molecule has 32 heavy (non-hydrogen) atoms. The van der Waals surface area contributed by atoms with E-state index in [1.54, 1.807) is 30.3 Å². The average Bonchev–Trinajstić information content (AvgIpc) is 3.07. The smallest absolute Gasteiger partial charge is 0.297 e. The summed E-state index contributed by atoms with van der Waals surface area (Å²) >= 11 is 0. The first-order chi connectivity index (χ1) is 15.2. The lowest BCUT2D eigenvalue weighted by molar-refractivity contribution is -0.133. The van der Waals surface area contributed by atoms with E-state index in [0.717, 1.165) is 43.2 Å². The Morgan fingerprint density at radius 1 is 0.969 bits per heavy atom. The highest BCUT2D eigenvalue weighted by molar-refractivity contribution is 7.86. The van der Waals surface area contributed by atoms with Gasteiger partial charge in [0.1, 0.15) is 5.78 Å². The molecular weight excluding hydrogens is 424 g/mol. The zero-order valence-corrected chi connectivity index (χ0v) is 19.7. The third-order valence-electron chi connectivity index (χ3n) is 9.18. The maximum absolute atomic E-state index is 13.0. The van der Waals surface area contributed by atoms with Gasteiger partial charge in [-0.1, -0.05) is 30.2 Å². The van der Waals surface area contributed by atoms with Crippen LogP contribution in [0, 0.1) is 35.5 Å². The van der Waals surface area contributed by atoms with Crippen LogP contribution in [0.15, 0.2) is 40.8 Å². The molecule has 0 radical (unpaired) electrons. The molecule has 4 aliphatic rings. The SMILES string of the molecule is Cc1ccc(S(=O)(=O)OC[C@]23CCC(=O)C=C2CC[C@H]2[C@H]3CC[C@]3(C)C(=O)CC[C@H]23)cc1. The summed E-state index contributed by atoms with van der Waals surface area (Å²) in [4.78, 5) is 25.1. The fraction of sp³-hybridized carbons (Fsp3) is 0.615. The van der Waals surface area contributed by atoms with Crippen LogP contribution in [0.1, 0.15) is 63.9 Å². The highest BCUT2D eigenvalue weighted by Gasteiger charge is 2.60.